The number of nitrogens with zero attached hydrogens (tertiary/aromatic N) is 4. The summed E-state index contributed by atoms with van der Waals surface area (Å²) in [4.78, 5) is 20.8. The molecule has 0 spiro atoms. The van der Waals surface area contributed by atoms with Crippen molar-refractivity contribution in [3.63, 3.8) is 0 Å². The SMILES string of the molecule is Cc1ccc(N2CCN(C(=O)Nc3nc(C)ns3)C(C)C2)cc1. The second-order valence-corrected chi connectivity index (χ2v) is 6.65. The lowest BCUT2D eigenvalue weighted by atomic mass is 10.1. The van der Waals surface area contributed by atoms with Crippen LogP contribution in [0.15, 0.2) is 24.3 Å². The van der Waals surface area contributed by atoms with Crippen molar-refractivity contribution in [1.82, 2.24) is 14.3 Å². The lowest BCUT2D eigenvalue weighted by Gasteiger charge is -2.40. The number of piperazine rings is 1. The third-order valence-corrected chi connectivity index (χ3v) is 4.75. The molecule has 0 radical (unpaired) electrons. The molecule has 2 heterocycles. The van der Waals surface area contributed by atoms with E-state index in [2.05, 4.69) is 57.7 Å². The highest BCUT2D eigenvalue weighted by Crippen LogP contribution is 2.20. The van der Waals surface area contributed by atoms with Crippen LogP contribution >= 0.6 is 11.5 Å². The molecule has 7 heteroatoms. The van der Waals surface area contributed by atoms with Gasteiger partial charge in [-0.15, -0.1) is 0 Å². The fourth-order valence-electron chi connectivity index (χ4n) is 2.76. The number of aromatic nitrogens is 2. The van der Waals surface area contributed by atoms with Crippen molar-refractivity contribution in [2.45, 2.75) is 26.8 Å². The monoisotopic (exact) mass is 331 g/mol. The number of aryl methyl sites for hydroxylation is 2. The van der Waals surface area contributed by atoms with Gasteiger partial charge in [-0.2, -0.15) is 4.37 Å². The minimum atomic E-state index is -0.0998. The number of hydrogen-bond acceptors (Lipinski definition) is 5. The smallest absolute Gasteiger partial charge is 0.324 e. The van der Waals surface area contributed by atoms with Crippen molar-refractivity contribution < 1.29 is 4.79 Å². The normalized spacial score (nSPS) is 18.1. The van der Waals surface area contributed by atoms with E-state index in [1.165, 1.54) is 22.8 Å². The van der Waals surface area contributed by atoms with E-state index in [9.17, 15) is 4.79 Å². The summed E-state index contributed by atoms with van der Waals surface area (Å²) in [6.07, 6.45) is 0. The highest BCUT2D eigenvalue weighted by molar-refractivity contribution is 7.09. The van der Waals surface area contributed by atoms with Gasteiger partial charge in [-0.3, -0.25) is 5.32 Å². The second-order valence-electron chi connectivity index (χ2n) is 5.90. The van der Waals surface area contributed by atoms with Gasteiger partial charge in [-0.25, -0.2) is 9.78 Å². The van der Waals surface area contributed by atoms with E-state index in [0.717, 1.165) is 13.1 Å². The van der Waals surface area contributed by atoms with Crippen LogP contribution in [-0.2, 0) is 0 Å². The number of amides is 2. The molecule has 6 nitrogen and oxygen atoms in total. The molecule has 0 aliphatic carbocycles. The highest BCUT2D eigenvalue weighted by atomic mass is 32.1. The van der Waals surface area contributed by atoms with Crippen molar-refractivity contribution >= 4 is 28.4 Å². The molecule has 1 fully saturated rings. The summed E-state index contributed by atoms with van der Waals surface area (Å²) in [5.74, 6) is 0.683. The van der Waals surface area contributed by atoms with Crippen LogP contribution in [0.3, 0.4) is 0 Å². The van der Waals surface area contributed by atoms with Gasteiger partial charge in [0.25, 0.3) is 0 Å². The Bertz CT molecular complexity index is 684. The van der Waals surface area contributed by atoms with E-state index in [4.69, 9.17) is 0 Å². The summed E-state index contributed by atoms with van der Waals surface area (Å²) in [6, 6.07) is 8.56. The first kappa shape index (κ1) is 15.7. The van der Waals surface area contributed by atoms with Gasteiger partial charge in [-0.1, -0.05) is 17.7 Å². The maximum atomic E-state index is 12.4. The summed E-state index contributed by atoms with van der Waals surface area (Å²) in [5.41, 5.74) is 2.47. The van der Waals surface area contributed by atoms with Crippen LogP contribution < -0.4 is 10.2 Å². The first-order chi connectivity index (χ1) is 11.0. The highest BCUT2D eigenvalue weighted by Gasteiger charge is 2.28. The van der Waals surface area contributed by atoms with Gasteiger partial charge in [0.2, 0.25) is 5.13 Å². The van der Waals surface area contributed by atoms with E-state index in [1.54, 1.807) is 0 Å². The van der Waals surface area contributed by atoms with Crippen molar-refractivity contribution in [2.24, 2.45) is 0 Å². The van der Waals surface area contributed by atoms with Crippen molar-refractivity contribution in [3.05, 3.63) is 35.7 Å². The van der Waals surface area contributed by atoms with Crippen molar-refractivity contribution in [3.8, 4) is 0 Å². The van der Waals surface area contributed by atoms with E-state index in [1.807, 2.05) is 11.8 Å². The Kier molecular flexibility index (Phi) is 4.47. The molecule has 1 unspecified atom stereocenters. The molecule has 1 aromatic heterocycles. The van der Waals surface area contributed by atoms with Gasteiger partial charge in [-0.05, 0) is 32.9 Å². The molecule has 1 saturated heterocycles. The molecule has 0 bridgehead atoms. The third kappa shape index (κ3) is 3.61. The molecule has 2 aromatic rings. The number of carbonyl (C=O) groups is 1. The minimum absolute atomic E-state index is 0.0998. The Morgan fingerprint density at radius 1 is 1.26 bits per heavy atom. The maximum absolute atomic E-state index is 12.4. The first-order valence-corrected chi connectivity index (χ1v) is 8.50. The molecule has 1 aliphatic rings. The third-order valence-electron chi connectivity index (χ3n) is 4.03. The van der Waals surface area contributed by atoms with Gasteiger partial charge in [0.05, 0.1) is 0 Å². The van der Waals surface area contributed by atoms with Crippen molar-refractivity contribution in [1.29, 1.82) is 0 Å². The molecule has 1 N–H and O–H groups in total. The lowest BCUT2D eigenvalue weighted by Crippen LogP contribution is -2.55. The molecule has 122 valence electrons. The van der Waals surface area contributed by atoms with E-state index < -0.39 is 0 Å². The van der Waals surface area contributed by atoms with E-state index >= 15 is 0 Å². The Morgan fingerprint density at radius 2 is 2.00 bits per heavy atom. The van der Waals surface area contributed by atoms with Crippen LogP contribution in [-0.4, -0.2) is 46.0 Å². The zero-order chi connectivity index (χ0) is 16.4. The standard InChI is InChI=1S/C16H21N5OS/c1-11-4-6-14(7-5-11)20-8-9-21(12(2)10-20)16(22)18-15-17-13(3)19-23-15/h4-7,12H,8-10H2,1-3H3,(H,17,18,19,22). The molecule has 3 rings (SSSR count). The summed E-state index contributed by atoms with van der Waals surface area (Å²) >= 11 is 1.21. The molecular formula is C16H21N5OS. The average molecular weight is 331 g/mol. The second kappa shape index (κ2) is 6.54. The number of nitrogens with one attached hydrogen (secondary N) is 1. The molecule has 1 aromatic carbocycles. The largest absolute Gasteiger partial charge is 0.368 e. The number of urea groups is 1. The number of carbonyl (C=O) groups excluding carboxylic acids is 1. The number of rotatable bonds is 2. The zero-order valence-corrected chi connectivity index (χ0v) is 14.4. The quantitative estimate of drug-likeness (QED) is 0.919. The number of anilines is 2. The van der Waals surface area contributed by atoms with E-state index in [-0.39, 0.29) is 12.1 Å². The molecule has 1 aliphatic heterocycles. The van der Waals surface area contributed by atoms with Gasteiger partial charge >= 0.3 is 6.03 Å². The molecule has 2 amide bonds. The van der Waals surface area contributed by atoms with Crippen LogP contribution in [0.25, 0.3) is 0 Å². The van der Waals surface area contributed by atoms with Gasteiger partial charge in [0, 0.05) is 42.9 Å². The summed E-state index contributed by atoms with van der Waals surface area (Å²) < 4.78 is 4.08. The van der Waals surface area contributed by atoms with Crippen molar-refractivity contribution in [2.75, 3.05) is 29.9 Å². The molecule has 0 saturated carbocycles. The fourth-order valence-corrected chi connectivity index (χ4v) is 3.33. The van der Waals surface area contributed by atoms with Crippen LogP contribution in [0, 0.1) is 13.8 Å². The van der Waals surface area contributed by atoms with Gasteiger partial charge in [0.15, 0.2) is 0 Å². The van der Waals surface area contributed by atoms with Crippen LogP contribution in [0.4, 0.5) is 15.6 Å². The maximum Gasteiger partial charge on any atom is 0.324 e. The average Bonchev–Trinajstić information content (AvgIpc) is 2.92. The Labute approximate surface area is 140 Å². The summed E-state index contributed by atoms with van der Waals surface area (Å²) in [5, 5.41) is 3.39. The molecule has 1 atom stereocenters. The lowest BCUT2D eigenvalue weighted by molar-refractivity contribution is 0.185. The molecular weight excluding hydrogens is 310 g/mol. The predicted octanol–water partition coefficient (Wildman–Crippen LogP) is 2.90. The number of hydrogen-bond donors (Lipinski definition) is 1. The molecule has 23 heavy (non-hydrogen) atoms. The summed E-state index contributed by atoms with van der Waals surface area (Å²) in [7, 11) is 0. The predicted molar refractivity (Wildman–Crippen MR) is 93.2 cm³/mol. The Hall–Kier alpha value is -2.15. The Morgan fingerprint density at radius 3 is 2.61 bits per heavy atom. The van der Waals surface area contributed by atoms with Gasteiger partial charge < -0.3 is 9.80 Å². The van der Waals surface area contributed by atoms with E-state index in [0.29, 0.717) is 17.5 Å². The first-order valence-electron chi connectivity index (χ1n) is 7.72. The van der Waals surface area contributed by atoms with Crippen LogP contribution in [0.5, 0.6) is 0 Å². The number of benzene rings is 1. The minimum Gasteiger partial charge on any atom is -0.368 e. The van der Waals surface area contributed by atoms with Crippen LogP contribution in [0.2, 0.25) is 0 Å². The summed E-state index contributed by atoms with van der Waals surface area (Å²) in [6.45, 7) is 8.32. The van der Waals surface area contributed by atoms with Gasteiger partial charge in [0.1, 0.15) is 5.82 Å². The van der Waals surface area contributed by atoms with Crippen LogP contribution in [0.1, 0.15) is 18.3 Å². The topological polar surface area (TPSA) is 61.4 Å². The Balaban J connectivity index is 1.61. The zero-order valence-electron chi connectivity index (χ0n) is 13.6. The fraction of sp³-hybridized carbons (Fsp3) is 0.438.